The number of nitriles is 1. The van der Waals surface area contributed by atoms with Crippen LogP contribution in [0.1, 0.15) is 25.7 Å². The number of sulfonamides is 1. The van der Waals surface area contributed by atoms with Gasteiger partial charge in [0.1, 0.15) is 23.3 Å². The molecule has 3 atom stereocenters. The highest BCUT2D eigenvalue weighted by molar-refractivity contribution is 7.92. The normalized spacial score (nSPS) is 22.4. The highest BCUT2D eigenvalue weighted by Gasteiger charge is 2.37. The van der Waals surface area contributed by atoms with Crippen molar-refractivity contribution in [3.63, 3.8) is 0 Å². The zero-order valence-corrected chi connectivity index (χ0v) is 20.5. The van der Waals surface area contributed by atoms with Gasteiger partial charge >= 0.3 is 0 Å². The van der Waals surface area contributed by atoms with E-state index in [4.69, 9.17) is 27.9 Å². The lowest BCUT2D eigenvalue weighted by molar-refractivity contribution is -0.133. The fourth-order valence-electron chi connectivity index (χ4n) is 4.25. The summed E-state index contributed by atoms with van der Waals surface area (Å²) in [4.78, 5) is 14.4. The van der Waals surface area contributed by atoms with Gasteiger partial charge in [0.25, 0.3) is 10.0 Å². The van der Waals surface area contributed by atoms with E-state index in [2.05, 4.69) is 16.1 Å². The summed E-state index contributed by atoms with van der Waals surface area (Å²) >= 11 is 12.3. The summed E-state index contributed by atoms with van der Waals surface area (Å²) in [7, 11) is -3.87. The van der Waals surface area contributed by atoms with Crippen molar-refractivity contribution in [2.24, 2.45) is 0 Å². The first-order valence-corrected chi connectivity index (χ1v) is 13.2. The number of likely N-dealkylation sites (tertiary alicyclic amines) is 1. The molecule has 0 aliphatic carbocycles. The van der Waals surface area contributed by atoms with Gasteiger partial charge in [-0.3, -0.25) is 14.8 Å². The molecule has 2 N–H and O–H groups in total. The Morgan fingerprint density at radius 3 is 2.71 bits per heavy atom. The van der Waals surface area contributed by atoms with Crippen molar-refractivity contribution in [3.8, 4) is 11.8 Å². The van der Waals surface area contributed by atoms with Crippen LogP contribution in [0.15, 0.2) is 47.4 Å². The van der Waals surface area contributed by atoms with Crippen LogP contribution < -0.4 is 14.8 Å². The average molecular weight is 523 g/mol. The Bertz CT molecular complexity index is 1220. The number of anilines is 1. The number of rotatable bonds is 7. The van der Waals surface area contributed by atoms with Crippen LogP contribution in [0.25, 0.3) is 0 Å². The molecule has 2 heterocycles. The van der Waals surface area contributed by atoms with Gasteiger partial charge in [0.15, 0.2) is 0 Å². The zero-order valence-electron chi connectivity index (χ0n) is 18.2. The van der Waals surface area contributed by atoms with E-state index in [-0.39, 0.29) is 44.7 Å². The second kappa shape index (κ2) is 10.4. The van der Waals surface area contributed by atoms with Gasteiger partial charge in [0, 0.05) is 12.6 Å². The van der Waals surface area contributed by atoms with Crippen LogP contribution in [-0.2, 0) is 14.8 Å². The standard InChI is InChI=1S/C23H24Cl2N4O4S/c24-18-5-1-2-6-22(18)34(31,32)28-15-8-10-21(19(25)12-15)33-14-16-7-9-20(27-16)23(30)29-11-3-4-17(29)13-26/h1-2,5-6,8,10,12,16-17,20,27-28H,3-4,7,9,11,14H2/t16-,17+,20+/m1/s1. The van der Waals surface area contributed by atoms with E-state index < -0.39 is 10.0 Å². The lowest BCUT2D eigenvalue weighted by Gasteiger charge is -2.24. The van der Waals surface area contributed by atoms with Crippen LogP contribution in [0, 0.1) is 11.3 Å². The van der Waals surface area contributed by atoms with E-state index in [0.29, 0.717) is 25.3 Å². The van der Waals surface area contributed by atoms with Crippen molar-refractivity contribution >= 4 is 44.8 Å². The largest absolute Gasteiger partial charge is 0.490 e. The minimum absolute atomic E-state index is 0.0280. The molecular weight excluding hydrogens is 499 g/mol. The maximum Gasteiger partial charge on any atom is 0.263 e. The van der Waals surface area contributed by atoms with E-state index in [1.807, 2.05) is 0 Å². The van der Waals surface area contributed by atoms with Crippen LogP contribution >= 0.6 is 23.2 Å². The second-order valence-corrected chi connectivity index (χ2v) is 10.8. The van der Waals surface area contributed by atoms with Gasteiger partial charge < -0.3 is 9.64 Å². The van der Waals surface area contributed by atoms with Crippen LogP contribution in [0.5, 0.6) is 5.75 Å². The second-order valence-electron chi connectivity index (χ2n) is 8.30. The number of halogens is 2. The topological polar surface area (TPSA) is 112 Å². The molecule has 8 nitrogen and oxygen atoms in total. The molecule has 2 aromatic rings. The Morgan fingerprint density at radius 2 is 1.97 bits per heavy atom. The number of benzene rings is 2. The number of carbonyl (C=O) groups excluding carboxylic acids is 1. The molecule has 0 bridgehead atoms. The third-order valence-corrected chi connectivity index (χ3v) is 8.15. The van der Waals surface area contributed by atoms with E-state index in [1.165, 1.54) is 18.2 Å². The van der Waals surface area contributed by atoms with E-state index in [1.54, 1.807) is 29.2 Å². The first-order valence-electron chi connectivity index (χ1n) is 10.9. The molecule has 0 spiro atoms. The number of ether oxygens (including phenoxy) is 1. The Hall–Kier alpha value is -2.51. The molecule has 4 rings (SSSR count). The molecule has 0 radical (unpaired) electrons. The molecule has 0 aromatic heterocycles. The predicted molar refractivity (Wildman–Crippen MR) is 130 cm³/mol. The number of carbonyl (C=O) groups is 1. The number of hydrogen-bond acceptors (Lipinski definition) is 6. The first kappa shape index (κ1) is 24.6. The molecule has 1 amide bonds. The summed E-state index contributed by atoms with van der Waals surface area (Å²) in [6.07, 6.45) is 3.02. The van der Waals surface area contributed by atoms with Crippen molar-refractivity contribution < 1.29 is 17.9 Å². The Labute approximate surface area is 208 Å². The molecule has 34 heavy (non-hydrogen) atoms. The van der Waals surface area contributed by atoms with E-state index in [0.717, 1.165) is 19.3 Å². The summed E-state index contributed by atoms with van der Waals surface area (Å²) in [5.74, 6) is 0.378. The molecule has 11 heteroatoms. The molecule has 2 fully saturated rings. The summed E-state index contributed by atoms with van der Waals surface area (Å²) < 4.78 is 33.5. The summed E-state index contributed by atoms with van der Waals surface area (Å²) in [5.41, 5.74) is 0.277. The molecule has 0 saturated carbocycles. The molecular formula is C23H24Cl2N4O4S. The minimum atomic E-state index is -3.87. The van der Waals surface area contributed by atoms with Crippen molar-refractivity contribution in [2.75, 3.05) is 17.9 Å². The van der Waals surface area contributed by atoms with Gasteiger partial charge in [-0.05, 0) is 56.0 Å². The summed E-state index contributed by atoms with van der Waals surface area (Å²) in [6.45, 7) is 0.925. The first-order chi connectivity index (χ1) is 16.3. The van der Waals surface area contributed by atoms with Crippen molar-refractivity contribution in [2.45, 2.75) is 48.7 Å². The van der Waals surface area contributed by atoms with Crippen LogP contribution in [-0.4, -0.2) is 50.5 Å². The van der Waals surface area contributed by atoms with Crippen LogP contribution in [0.4, 0.5) is 5.69 Å². The predicted octanol–water partition coefficient (Wildman–Crippen LogP) is 3.81. The maximum atomic E-state index is 12.8. The van der Waals surface area contributed by atoms with Gasteiger partial charge in [-0.1, -0.05) is 35.3 Å². The fraction of sp³-hybridized carbons (Fsp3) is 0.391. The molecule has 180 valence electrons. The smallest absolute Gasteiger partial charge is 0.263 e. The third-order valence-electron chi connectivity index (χ3n) is 5.97. The Morgan fingerprint density at radius 1 is 1.18 bits per heavy atom. The maximum absolute atomic E-state index is 12.8. The number of hydrogen-bond donors (Lipinski definition) is 2. The highest BCUT2D eigenvalue weighted by atomic mass is 35.5. The average Bonchev–Trinajstić information content (AvgIpc) is 3.47. The van der Waals surface area contributed by atoms with Crippen LogP contribution in [0.3, 0.4) is 0 Å². The van der Waals surface area contributed by atoms with Crippen LogP contribution in [0.2, 0.25) is 10.0 Å². The van der Waals surface area contributed by atoms with Crippen molar-refractivity contribution in [1.82, 2.24) is 10.2 Å². The van der Waals surface area contributed by atoms with E-state index >= 15 is 0 Å². The van der Waals surface area contributed by atoms with Gasteiger partial charge in [0.05, 0.1) is 27.8 Å². The molecule has 2 aromatic carbocycles. The van der Waals surface area contributed by atoms with E-state index in [9.17, 15) is 18.5 Å². The lowest BCUT2D eigenvalue weighted by Crippen LogP contribution is -2.47. The number of nitrogens with zero attached hydrogens (tertiary/aromatic N) is 2. The Kier molecular flexibility index (Phi) is 7.53. The monoisotopic (exact) mass is 522 g/mol. The lowest BCUT2D eigenvalue weighted by atomic mass is 10.1. The van der Waals surface area contributed by atoms with Crippen molar-refractivity contribution in [1.29, 1.82) is 5.26 Å². The molecule has 2 aliphatic rings. The number of nitrogens with one attached hydrogen (secondary N) is 2. The van der Waals surface area contributed by atoms with Gasteiger partial charge in [-0.2, -0.15) is 5.26 Å². The number of amides is 1. The van der Waals surface area contributed by atoms with Gasteiger partial charge in [-0.25, -0.2) is 8.42 Å². The molecule has 0 unspecified atom stereocenters. The van der Waals surface area contributed by atoms with Gasteiger partial charge in [-0.15, -0.1) is 0 Å². The third kappa shape index (κ3) is 5.41. The SMILES string of the molecule is N#C[C@@H]1CCCN1C(=O)[C@@H]1CC[C@H](COc2ccc(NS(=O)(=O)c3ccccc3Cl)cc2Cl)N1. The summed E-state index contributed by atoms with van der Waals surface area (Å²) in [6, 6.07) is 12.3. The highest BCUT2D eigenvalue weighted by Crippen LogP contribution is 2.30. The van der Waals surface area contributed by atoms with Gasteiger partial charge in [0.2, 0.25) is 5.91 Å². The summed E-state index contributed by atoms with van der Waals surface area (Å²) in [5, 5.41) is 12.9. The zero-order chi connectivity index (χ0) is 24.3. The fourth-order valence-corrected chi connectivity index (χ4v) is 6.06. The quantitative estimate of drug-likeness (QED) is 0.571. The molecule has 2 saturated heterocycles. The van der Waals surface area contributed by atoms with Crippen molar-refractivity contribution in [3.05, 3.63) is 52.5 Å². The minimum Gasteiger partial charge on any atom is -0.490 e. The Balaban J connectivity index is 1.33. The molecule has 2 aliphatic heterocycles.